The van der Waals surface area contributed by atoms with E-state index in [1.807, 2.05) is 6.92 Å². The Labute approximate surface area is 193 Å². The van der Waals surface area contributed by atoms with Crippen LogP contribution >= 0.6 is 0 Å². The largest absolute Gasteiger partial charge is 0.354 e. The molecule has 1 aliphatic heterocycles. The van der Waals surface area contributed by atoms with E-state index in [9.17, 15) is 13.2 Å². The number of anilines is 1. The summed E-state index contributed by atoms with van der Waals surface area (Å²) in [6.45, 7) is 5.44. The molecule has 0 radical (unpaired) electrons. The Morgan fingerprint density at radius 1 is 1.15 bits per heavy atom. The molecule has 176 valence electrons. The first-order valence-electron chi connectivity index (χ1n) is 11.3. The van der Waals surface area contributed by atoms with Crippen LogP contribution in [0.4, 0.5) is 5.95 Å². The normalized spacial score (nSPS) is 15.7. The molecule has 0 amide bonds. The van der Waals surface area contributed by atoms with Gasteiger partial charge in [0.15, 0.2) is 14.9 Å². The van der Waals surface area contributed by atoms with Crippen molar-refractivity contribution >= 4 is 26.8 Å². The van der Waals surface area contributed by atoms with Gasteiger partial charge in [0.05, 0.1) is 0 Å². The van der Waals surface area contributed by atoms with Crippen LogP contribution in [-0.2, 0) is 16.4 Å². The van der Waals surface area contributed by atoms with Gasteiger partial charge in [-0.2, -0.15) is 4.98 Å². The van der Waals surface area contributed by atoms with Gasteiger partial charge in [0.25, 0.3) is 5.56 Å². The SMILES string of the molecule is CCn1c(=O)c(-c2ccc(S(C)(=O)=O)nc2)cc2cnc(NCCC3CCN(C)CC3)nc21. The van der Waals surface area contributed by atoms with E-state index in [0.29, 0.717) is 35.2 Å². The second-order valence-corrected chi connectivity index (χ2v) is 10.7. The van der Waals surface area contributed by atoms with Crippen LogP contribution < -0.4 is 10.9 Å². The molecule has 9 nitrogen and oxygen atoms in total. The fourth-order valence-electron chi connectivity index (χ4n) is 4.24. The molecule has 3 aromatic rings. The maximum absolute atomic E-state index is 13.2. The Bertz CT molecular complexity index is 1300. The summed E-state index contributed by atoms with van der Waals surface area (Å²) in [5, 5.41) is 4.02. The summed E-state index contributed by atoms with van der Waals surface area (Å²) in [4.78, 5) is 28.6. The molecule has 0 atom stereocenters. The molecule has 4 heterocycles. The highest BCUT2D eigenvalue weighted by Gasteiger charge is 2.17. The van der Waals surface area contributed by atoms with Crippen LogP contribution in [0, 0.1) is 5.92 Å². The van der Waals surface area contributed by atoms with Crippen molar-refractivity contribution in [3.8, 4) is 11.1 Å². The van der Waals surface area contributed by atoms with E-state index < -0.39 is 9.84 Å². The molecule has 10 heteroatoms. The van der Waals surface area contributed by atoms with Gasteiger partial charge in [0.1, 0.15) is 5.65 Å². The van der Waals surface area contributed by atoms with Gasteiger partial charge in [0.2, 0.25) is 5.95 Å². The number of aromatic nitrogens is 4. The third-order valence-electron chi connectivity index (χ3n) is 6.24. The van der Waals surface area contributed by atoms with E-state index in [-0.39, 0.29) is 10.6 Å². The Kier molecular flexibility index (Phi) is 6.76. The molecule has 0 saturated carbocycles. The van der Waals surface area contributed by atoms with Crippen molar-refractivity contribution in [2.24, 2.45) is 5.92 Å². The van der Waals surface area contributed by atoms with Crippen molar-refractivity contribution in [3.63, 3.8) is 0 Å². The standard InChI is InChI=1S/C23H30N6O3S/c1-4-29-21-18(13-19(22(29)30)17-5-6-20(25-14-17)33(3,31)32)15-26-23(27-21)24-10-7-16-8-11-28(2)12-9-16/h5-6,13-16H,4,7-12H2,1-3H3,(H,24,26,27). The number of nitrogens with one attached hydrogen (secondary N) is 1. The average Bonchev–Trinajstić information content (AvgIpc) is 2.79. The number of aryl methyl sites for hydroxylation is 1. The van der Waals surface area contributed by atoms with E-state index in [2.05, 4.69) is 32.2 Å². The lowest BCUT2D eigenvalue weighted by atomic mass is 9.94. The van der Waals surface area contributed by atoms with Gasteiger partial charge in [-0.25, -0.2) is 18.4 Å². The number of piperidine rings is 1. The molecule has 1 aliphatic rings. The Hall–Kier alpha value is -2.85. The van der Waals surface area contributed by atoms with Gasteiger partial charge in [-0.1, -0.05) is 0 Å². The van der Waals surface area contributed by atoms with E-state index in [4.69, 9.17) is 0 Å². The van der Waals surface area contributed by atoms with Gasteiger partial charge < -0.3 is 10.2 Å². The predicted octanol–water partition coefficient (Wildman–Crippen LogP) is 2.42. The molecule has 4 rings (SSSR count). The monoisotopic (exact) mass is 470 g/mol. The van der Waals surface area contributed by atoms with E-state index in [1.165, 1.54) is 25.1 Å². The number of hydrogen-bond donors (Lipinski definition) is 1. The van der Waals surface area contributed by atoms with Crippen molar-refractivity contribution in [2.75, 3.05) is 38.3 Å². The van der Waals surface area contributed by atoms with Crippen molar-refractivity contribution in [1.29, 1.82) is 0 Å². The number of nitrogens with zero attached hydrogens (tertiary/aromatic N) is 5. The molecule has 3 aromatic heterocycles. The quantitative estimate of drug-likeness (QED) is 0.561. The number of sulfone groups is 1. The summed E-state index contributed by atoms with van der Waals surface area (Å²) in [6.07, 6.45) is 7.74. The summed E-state index contributed by atoms with van der Waals surface area (Å²) < 4.78 is 25.0. The van der Waals surface area contributed by atoms with Crippen LogP contribution in [0.2, 0.25) is 0 Å². The molecule has 0 unspecified atom stereocenters. The Morgan fingerprint density at radius 3 is 2.55 bits per heavy atom. The van der Waals surface area contributed by atoms with Gasteiger partial charge in [-0.15, -0.1) is 0 Å². The van der Waals surface area contributed by atoms with Crippen LogP contribution in [0.25, 0.3) is 22.2 Å². The van der Waals surface area contributed by atoms with Crippen LogP contribution in [0.1, 0.15) is 26.2 Å². The van der Waals surface area contributed by atoms with E-state index in [1.54, 1.807) is 22.9 Å². The molecule has 1 saturated heterocycles. The van der Waals surface area contributed by atoms with Crippen molar-refractivity contribution in [3.05, 3.63) is 40.9 Å². The zero-order chi connectivity index (χ0) is 23.6. The minimum atomic E-state index is -3.41. The van der Waals surface area contributed by atoms with E-state index in [0.717, 1.165) is 37.7 Å². The smallest absolute Gasteiger partial charge is 0.260 e. The van der Waals surface area contributed by atoms with Gasteiger partial charge in [0, 0.05) is 48.3 Å². The highest BCUT2D eigenvalue weighted by molar-refractivity contribution is 7.90. The third-order valence-corrected chi connectivity index (χ3v) is 7.25. The first-order valence-corrected chi connectivity index (χ1v) is 13.1. The van der Waals surface area contributed by atoms with Gasteiger partial charge >= 0.3 is 0 Å². The summed E-state index contributed by atoms with van der Waals surface area (Å²) >= 11 is 0. The summed E-state index contributed by atoms with van der Waals surface area (Å²) in [6, 6.07) is 4.76. The second kappa shape index (κ2) is 9.56. The number of likely N-dealkylation sites (tertiary alicyclic amines) is 1. The van der Waals surface area contributed by atoms with Crippen LogP contribution in [0.15, 0.2) is 40.4 Å². The zero-order valence-corrected chi connectivity index (χ0v) is 20.1. The predicted molar refractivity (Wildman–Crippen MR) is 129 cm³/mol. The van der Waals surface area contributed by atoms with Crippen LogP contribution in [-0.4, -0.2) is 65.8 Å². The van der Waals surface area contributed by atoms with E-state index >= 15 is 0 Å². The zero-order valence-electron chi connectivity index (χ0n) is 19.3. The highest BCUT2D eigenvalue weighted by Crippen LogP contribution is 2.22. The Morgan fingerprint density at radius 2 is 1.91 bits per heavy atom. The van der Waals surface area contributed by atoms with Crippen LogP contribution in [0.3, 0.4) is 0 Å². The minimum absolute atomic E-state index is 0.0258. The number of rotatable bonds is 7. The first kappa shape index (κ1) is 23.3. The maximum atomic E-state index is 13.2. The number of fused-ring (bicyclic) bond motifs is 1. The Balaban J connectivity index is 1.57. The fraction of sp³-hybridized carbons (Fsp3) is 0.478. The fourth-order valence-corrected chi connectivity index (χ4v) is 4.80. The number of hydrogen-bond acceptors (Lipinski definition) is 8. The summed E-state index contributed by atoms with van der Waals surface area (Å²) in [5.74, 6) is 1.23. The molecule has 0 aliphatic carbocycles. The summed E-state index contributed by atoms with van der Waals surface area (Å²) in [5.41, 5.74) is 1.36. The molecule has 1 N–H and O–H groups in total. The van der Waals surface area contributed by atoms with Crippen molar-refractivity contribution in [2.45, 2.75) is 37.8 Å². The topological polar surface area (TPSA) is 110 Å². The highest BCUT2D eigenvalue weighted by atomic mass is 32.2. The van der Waals surface area contributed by atoms with Gasteiger partial charge in [-0.3, -0.25) is 9.36 Å². The lowest BCUT2D eigenvalue weighted by molar-refractivity contribution is 0.215. The molecular formula is C23H30N6O3S. The molecule has 0 bridgehead atoms. The van der Waals surface area contributed by atoms with Gasteiger partial charge in [-0.05, 0) is 70.4 Å². The molecule has 33 heavy (non-hydrogen) atoms. The first-order chi connectivity index (χ1) is 15.8. The maximum Gasteiger partial charge on any atom is 0.260 e. The van der Waals surface area contributed by atoms with Crippen molar-refractivity contribution in [1.82, 2.24) is 24.4 Å². The van der Waals surface area contributed by atoms with Crippen molar-refractivity contribution < 1.29 is 8.42 Å². The van der Waals surface area contributed by atoms with Crippen LogP contribution in [0.5, 0.6) is 0 Å². The molecule has 0 spiro atoms. The summed E-state index contributed by atoms with van der Waals surface area (Å²) in [7, 11) is -1.24. The minimum Gasteiger partial charge on any atom is -0.354 e. The second-order valence-electron chi connectivity index (χ2n) is 8.70. The molecule has 1 fully saturated rings. The third kappa shape index (κ3) is 5.22. The lowest BCUT2D eigenvalue weighted by Crippen LogP contribution is -2.31. The average molecular weight is 471 g/mol. The number of pyridine rings is 2. The lowest BCUT2D eigenvalue weighted by Gasteiger charge is -2.28. The molecule has 0 aromatic carbocycles. The molecular weight excluding hydrogens is 440 g/mol.